The van der Waals surface area contributed by atoms with Gasteiger partial charge < -0.3 is 9.30 Å². The first kappa shape index (κ1) is 13.3. The predicted molar refractivity (Wildman–Crippen MR) is 71.2 cm³/mol. The number of esters is 1. The van der Waals surface area contributed by atoms with E-state index in [0.29, 0.717) is 6.61 Å². The van der Waals surface area contributed by atoms with Gasteiger partial charge in [0.05, 0.1) is 6.61 Å². The normalized spacial score (nSPS) is 10.5. The molecule has 1 aromatic heterocycles. The molecular formula is C15H16FNO2. The molecule has 0 N–H and O–H groups in total. The maximum atomic E-state index is 12.9. The number of aromatic nitrogens is 1. The van der Waals surface area contributed by atoms with Gasteiger partial charge in [0.25, 0.3) is 0 Å². The lowest BCUT2D eigenvalue weighted by Crippen LogP contribution is -2.15. The van der Waals surface area contributed by atoms with E-state index in [1.165, 1.54) is 12.1 Å². The number of halogens is 1. The molecule has 0 aliphatic heterocycles. The molecule has 0 radical (unpaired) electrons. The Morgan fingerprint density at radius 1 is 1.21 bits per heavy atom. The third-order valence-corrected chi connectivity index (χ3v) is 2.93. The highest BCUT2D eigenvalue weighted by atomic mass is 19.1. The molecule has 0 unspecified atom stereocenters. The van der Waals surface area contributed by atoms with E-state index in [0.717, 1.165) is 17.0 Å². The highest BCUT2D eigenvalue weighted by Crippen LogP contribution is 2.22. The Morgan fingerprint density at radius 3 is 2.53 bits per heavy atom. The maximum Gasteiger partial charge on any atom is 0.325 e. The molecule has 19 heavy (non-hydrogen) atoms. The van der Waals surface area contributed by atoms with Crippen LogP contribution in [0.1, 0.15) is 12.6 Å². The van der Waals surface area contributed by atoms with E-state index in [1.54, 1.807) is 19.1 Å². The summed E-state index contributed by atoms with van der Waals surface area (Å²) in [5, 5.41) is 0. The molecule has 1 aromatic carbocycles. The zero-order chi connectivity index (χ0) is 13.8. The summed E-state index contributed by atoms with van der Waals surface area (Å²) in [6.07, 6.45) is 0. The van der Waals surface area contributed by atoms with Crippen molar-refractivity contribution in [3.05, 3.63) is 47.9 Å². The molecule has 0 aliphatic carbocycles. The van der Waals surface area contributed by atoms with E-state index in [2.05, 4.69) is 0 Å². The number of hydrogen-bond acceptors (Lipinski definition) is 2. The van der Waals surface area contributed by atoms with Gasteiger partial charge in [0, 0.05) is 11.4 Å². The fourth-order valence-corrected chi connectivity index (χ4v) is 1.99. The van der Waals surface area contributed by atoms with E-state index >= 15 is 0 Å². The summed E-state index contributed by atoms with van der Waals surface area (Å²) < 4.78 is 19.8. The van der Waals surface area contributed by atoms with Crippen molar-refractivity contribution in [2.24, 2.45) is 0 Å². The lowest BCUT2D eigenvalue weighted by Gasteiger charge is -2.11. The van der Waals surface area contributed by atoms with Crippen LogP contribution in [0.15, 0.2) is 36.4 Å². The second kappa shape index (κ2) is 5.69. The Balaban J connectivity index is 2.31. The Labute approximate surface area is 111 Å². The van der Waals surface area contributed by atoms with Crippen molar-refractivity contribution in [3.8, 4) is 11.3 Å². The Bertz CT molecular complexity index is 572. The van der Waals surface area contributed by atoms with E-state index in [4.69, 9.17) is 4.74 Å². The van der Waals surface area contributed by atoms with Crippen molar-refractivity contribution in [1.29, 1.82) is 0 Å². The van der Waals surface area contributed by atoms with Crippen molar-refractivity contribution in [1.82, 2.24) is 4.57 Å². The van der Waals surface area contributed by atoms with Crippen molar-refractivity contribution >= 4 is 5.97 Å². The van der Waals surface area contributed by atoms with Gasteiger partial charge in [0.1, 0.15) is 12.4 Å². The number of rotatable bonds is 4. The zero-order valence-electron chi connectivity index (χ0n) is 11.0. The standard InChI is InChI=1S/C15H16FNO2/c1-3-19-15(18)10-17-11(2)4-9-14(17)12-5-7-13(16)8-6-12/h4-9H,3,10H2,1-2H3. The van der Waals surface area contributed by atoms with E-state index in [1.807, 2.05) is 23.6 Å². The van der Waals surface area contributed by atoms with Crippen LogP contribution in [0.25, 0.3) is 11.3 Å². The number of carbonyl (C=O) groups excluding carboxylic acids is 1. The molecule has 0 saturated heterocycles. The topological polar surface area (TPSA) is 31.2 Å². The van der Waals surface area contributed by atoms with Crippen LogP contribution >= 0.6 is 0 Å². The van der Waals surface area contributed by atoms with Crippen LogP contribution in [0.2, 0.25) is 0 Å². The minimum absolute atomic E-state index is 0.166. The highest BCUT2D eigenvalue weighted by molar-refractivity contribution is 5.71. The zero-order valence-corrected chi connectivity index (χ0v) is 11.0. The highest BCUT2D eigenvalue weighted by Gasteiger charge is 2.11. The van der Waals surface area contributed by atoms with Crippen molar-refractivity contribution in [2.45, 2.75) is 20.4 Å². The summed E-state index contributed by atoms with van der Waals surface area (Å²) in [5.74, 6) is -0.547. The second-order valence-corrected chi connectivity index (χ2v) is 4.26. The Morgan fingerprint density at radius 2 is 1.89 bits per heavy atom. The van der Waals surface area contributed by atoms with Crippen LogP contribution in [0, 0.1) is 12.7 Å². The summed E-state index contributed by atoms with van der Waals surface area (Å²) >= 11 is 0. The molecule has 100 valence electrons. The quantitative estimate of drug-likeness (QED) is 0.792. The van der Waals surface area contributed by atoms with Crippen molar-refractivity contribution in [2.75, 3.05) is 6.61 Å². The number of nitrogens with zero attached hydrogens (tertiary/aromatic N) is 1. The van der Waals surface area contributed by atoms with Gasteiger partial charge in [-0.15, -0.1) is 0 Å². The third-order valence-electron chi connectivity index (χ3n) is 2.93. The largest absolute Gasteiger partial charge is 0.465 e. The summed E-state index contributed by atoms with van der Waals surface area (Å²) in [7, 11) is 0. The average molecular weight is 261 g/mol. The fourth-order valence-electron chi connectivity index (χ4n) is 1.99. The minimum atomic E-state index is -0.274. The number of benzene rings is 1. The first-order chi connectivity index (χ1) is 9.11. The SMILES string of the molecule is CCOC(=O)Cn1c(C)ccc1-c1ccc(F)cc1. The minimum Gasteiger partial charge on any atom is -0.465 e. The molecule has 1 heterocycles. The Kier molecular flexibility index (Phi) is 4.00. The molecule has 2 aromatic rings. The number of hydrogen-bond donors (Lipinski definition) is 0. The van der Waals surface area contributed by atoms with E-state index < -0.39 is 0 Å². The van der Waals surface area contributed by atoms with Gasteiger partial charge in [-0.05, 0) is 55.8 Å². The van der Waals surface area contributed by atoms with Crippen LogP contribution in [-0.4, -0.2) is 17.1 Å². The third kappa shape index (κ3) is 3.02. The van der Waals surface area contributed by atoms with Gasteiger partial charge in [-0.1, -0.05) is 0 Å². The molecule has 0 atom stereocenters. The number of carbonyl (C=O) groups is 1. The van der Waals surface area contributed by atoms with E-state index in [9.17, 15) is 9.18 Å². The maximum absolute atomic E-state index is 12.9. The number of ether oxygens (including phenoxy) is 1. The van der Waals surface area contributed by atoms with Gasteiger partial charge in [0.2, 0.25) is 0 Å². The van der Waals surface area contributed by atoms with E-state index in [-0.39, 0.29) is 18.3 Å². The molecule has 0 spiro atoms. The molecule has 0 bridgehead atoms. The van der Waals surface area contributed by atoms with Crippen LogP contribution in [-0.2, 0) is 16.1 Å². The summed E-state index contributed by atoms with van der Waals surface area (Å²) in [5.41, 5.74) is 2.72. The summed E-state index contributed by atoms with van der Waals surface area (Å²) in [6, 6.07) is 10.1. The smallest absolute Gasteiger partial charge is 0.325 e. The molecule has 0 aliphatic rings. The van der Waals surface area contributed by atoms with Gasteiger partial charge in [0.15, 0.2) is 0 Å². The van der Waals surface area contributed by atoms with Gasteiger partial charge in [-0.3, -0.25) is 4.79 Å². The second-order valence-electron chi connectivity index (χ2n) is 4.26. The molecule has 3 nitrogen and oxygen atoms in total. The number of aryl methyl sites for hydroxylation is 1. The predicted octanol–water partition coefficient (Wildman–Crippen LogP) is 3.17. The summed E-state index contributed by atoms with van der Waals surface area (Å²) in [6.45, 7) is 4.23. The van der Waals surface area contributed by atoms with Gasteiger partial charge in [-0.2, -0.15) is 0 Å². The molecule has 0 amide bonds. The first-order valence-corrected chi connectivity index (χ1v) is 6.19. The van der Waals surface area contributed by atoms with Crippen LogP contribution in [0.5, 0.6) is 0 Å². The molecular weight excluding hydrogens is 245 g/mol. The lowest BCUT2D eigenvalue weighted by molar-refractivity contribution is -0.143. The fraction of sp³-hybridized carbons (Fsp3) is 0.267. The Hall–Kier alpha value is -2.10. The molecule has 0 saturated carbocycles. The molecule has 4 heteroatoms. The monoisotopic (exact) mass is 261 g/mol. The first-order valence-electron chi connectivity index (χ1n) is 6.19. The summed E-state index contributed by atoms with van der Waals surface area (Å²) in [4.78, 5) is 11.6. The molecule has 0 fully saturated rings. The molecule has 2 rings (SSSR count). The van der Waals surface area contributed by atoms with Crippen molar-refractivity contribution < 1.29 is 13.9 Å². The van der Waals surface area contributed by atoms with Gasteiger partial charge in [-0.25, -0.2) is 4.39 Å². The van der Waals surface area contributed by atoms with Crippen molar-refractivity contribution in [3.63, 3.8) is 0 Å². The lowest BCUT2D eigenvalue weighted by atomic mass is 10.1. The van der Waals surface area contributed by atoms with Crippen LogP contribution in [0.3, 0.4) is 0 Å². The van der Waals surface area contributed by atoms with Crippen LogP contribution < -0.4 is 0 Å². The van der Waals surface area contributed by atoms with Crippen LogP contribution in [0.4, 0.5) is 4.39 Å². The van der Waals surface area contributed by atoms with Gasteiger partial charge >= 0.3 is 5.97 Å². The average Bonchev–Trinajstić information content (AvgIpc) is 2.73.